The van der Waals surface area contributed by atoms with Crippen LogP contribution in [0.25, 0.3) is 0 Å². The van der Waals surface area contributed by atoms with E-state index >= 15 is 0 Å². The molecule has 0 radical (unpaired) electrons. The van der Waals surface area contributed by atoms with Crippen molar-refractivity contribution in [2.24, 2.45) is 0 Å². The second-order valence-corrected chi connectivity index (χ2v) is 6.08. The van der Waals surface area contributed by atoms with E-state index in [2.05, 4.69) is 0 Å². The van der Waals surface area contributed by atoms with Crippen LogP contribution in [0.1, 0.15) is 55.2 Å². The van der Waals surface area contributed by atoms with Crippen molar-refractivity contribution in [3.63, 3.8) is 0 Å². The number of hydrogen-bond donors (Lipinski definition) is 0. The Bertz CT molecular complexity index is 705. The lowest BCUT2D eigenvalue weighted by Gasteiger charge is -2.32. The van der Waals surface area contributed by atoms with Crippen molar-refractivity contribution < 1.29 is 17.5 Å². The highest BCUT2D eigenvalue weighted by Crippen LogP contribution is 2.36. The Morgan fingerprint density at radius 2 is 1.80 bits per heavy atom. The smallest absolute Gasteiger partial charge is 0.399 e. The molecule has 2 rings (SSSR count). The molecule has 1 aliphatic heterocycles. The van der Waals surface area contributed by atoms with E-state index in [1.807, 2.05) is 27.7 Å². The van der Waals surface area contributed by atoms with Crippen molar-refractivity contribution in [1.29, 1.82) is 5.26 Å². The third kappa shape index (κ3) is 2.48. The fourth-order valence-electron chi connectivity index (χ4n) is 1.96. The van der Waals surface area contributed by atoms with Gasteiger partial charge in [0.1, 0.15) is 0 Å². The van der Waals surface area contributed by atoms with Crippen molar-refractivity contribution in [3.8, 4) is 6.07 Å². The summed E-state index contributed by atoms with van der Waals surface area (Å²) in [5.74, 6) is 0. The van der Waals surface area contributed by atoms with E-state index in [9.17, 15) is 5.26 Å². The molecule has 0 unspecified atom stereocenters. The Labute approximate surface area is 130 Å². The number of nitrogens with zero attached hydrogens (tertiary/aromatic N) is 1. The van der Waals surface area contributed by atoms with Crippen LogP contribution in [0.3, 0.4) is 0 Å². The van der Waals surface area contributed by atoms with Gasteiger partial charge in [0.2, 0.25) is 0 Å². The minimum absolute atomic E-state index is 0.104. The lowest BCUT2D eigenvalue weighted by atomic mass is 9.75. The molecule has 1 fully saturated rings. The average molecular weight is 277 g/mol. The summed E-state index contributed by atoms with van der Waals surface area (Å²) in [6, 6.07) is 7.45. The van der Waals surface area contributed by atoms with Gasteiger partial charge in [-0.25, -0.2) is 0 Å². The van der Waals surface area contributed by atoms with Gasteiger partial charge in [0.05, 0.1) is 22.7 Å². The van der Waals surface area contributed by atoms with Crippen molar-refractivity contribution in [1.82, 2.24) is 0 Å². The van der Waals surface area contributed by atoms with E-state index < -0.39 is 37.4 Å². The number of hydrogen-bond acceptors (Lipinski definition) is 3. The Morgan fingerprint density at radius 3 is 2.30 bits per heavy atom. The van der Waals surface area contributed by atoms with Crippen molar-refractivity contribution >= 4 is 12.6 Å². The average Bonchev–Trinajstić information content (AvgIpc) is 2.66. The maximum absolute atomic E-state index is 9.59. The quantitative estimate of drug-likeness (QED) is 0.781. The topological polar surface area (TPSA) is 42.2 Å². The van der Waals surface area contributed by atoms with Crippen LogP contribution < -0.4 is 5.46 Å². The summed E-state index contributed by atoms with van der Waals surface area (Å²) in [6.07, 6.45) is 0. The van der Waals surface area contributed by atoms with Crippen molar-refractivity contribution in [3.05, 3.63) is 29.8 Å². The number of nitriles is 1. The van der Waals surface area contributed by atoms with Gasteiger partial charge in [-0.2, -0.15) is 5.26 Å². The highest BCUT2D eigenvalue weighted by molar-refractivity contribution is 6.62. The zero-order chi connectivity index (χ0) is 20.2. The van der Waals surface area contributed by atoms with Crippen molar-refractivity contribution in [2.75, 3.05) is 0 Å². The Balaban J connectivity index is 2.57. The van der Waals surface area contributed by atoms with Gasteiger partial charge in [-0.05, 0) is 52.4 Å². The van der Waals surface area contributed by atoms with Gasteiger partial charge >= 0.3 is 7.12 Å². The standard InChI is InChI=1S/C16H22BNO2/c1-14(2,11-18)12-8-7-9-13(10-12)17-19-15(3,4)16(5,6)20-17/h7-10H,1-6H3/i1D3,2D3. The first kappa shape index (κ1) is 8.87. The summed E-state index contributed by atoms with van der Waals surface area (Å²) in [5.41, 5.74) is -3.48. The van der Waals surface area contributed by atoms with Crippen LogP contribution in [0.5, 0.6) is 0 Å². The van der Waals surface area contributed by atoms with Crippen LogP contribution in [0.4, 0.5) is 0 Å². The third-order valence-electron chi connectivity index (χ3n) is 4.01. The molecule has 1 aromatic carbocycles. The minimum Gasteiger partial charge on any atom is -0.399 e. The molecule has 0 aliphatic carbocycles. The zero-order valence-electron chi connectivity index (χ0n) is 18.2. The van der Waals surface area contributed by atoms with Crippen LogP contribution in [0.15, 0.2) is 24.3 Å². The first-order chi connectivity index (χ1) is 11.6. The fourth-order valence-corrected chi connectivity index (χ4v) is 1.96. The zero-order valence-corrected chi connectivity index (χ0v) is 12.2. The fraction of sp³-hybridized carbons (Fsp3) is 0.562. The van der Waals surface area contributed by atoms with Crippen molar-refractivity contribution in [2.45, 2.75) is 58.0 Å². The molecule has 106 valence electrons. The summed E-state index contributed by atoms with van der Waals surface area (Å²) in [6.45, 7) is 1.42. The maximum Gasteiger partial charge on any atom is 0.494 e. The molecule has 0 N–H and O–H groups in total. The molecule has 1 heterocycles. The summed E-state index contributed by atoms with van der Waals surface area (Å²) in [5, 5.41) is 9.59. The van der Waals surface area contributed by atoms with Gasteiger partial charge in [-0.1, -0.05) is 24.3 Å². The summed E-state index contributed by atoms with van der Waals surface area (Å²) < 4.78 is 58.2. The minimum atomic E-state index is -3.04. The van der Waals surface area contributed by atoms with Gasteiger partial charge in [0.25, 0.3) is 0 Å². The van der Waals surface area contributed by atoms with E-state index in [0.29, 0.717) is 5.46 Å². The molecule has 0 amide bonds. The van der Waals surface area contributed by atoms with Crippen LogP contribution in [0, 0.1) is 11.3 Å². The molecule has 0 atom stereocenters. The normalized spacial score (nSPS) is 26.4. The number of benzene rings is 1. The molecule has 20 heavy (non-hydrogen) atoms. The molecule has 4 heteroatoms. The maximum atomic E-state index is 9.59. The molecule has 1 aromatic rings. The molecule has 1 aliphatic rings. The van der Waals surface area contributed by atoms with E-state index in [-0.39, 0.29) is 5.56 Å². The predicted molar refractivity (Wildman–Crippen MR) is 80.8 cm³/mol. The van der Waals surface area contributed by atoms with Crippen LogP contribution >= 0.6 is 0 Å². The lowest BCUT2D eigenvalue weighted by molar-refractivity contribution is 0.00578. The van der Waals surface area contributed by atoms with E-state index in [0.717, 1.165) is 0 Å². The van der Waals surface area contributed by atoms with Gasteiger partial charge in [0.15, 0.2) is 0 Å². The van der Waals surface area contributed by atoms with Crippen LogP contribution in [-0.2, 0) is 14.7 Å². The molecule has 0 bridgehead atoms. The largest absolute Gasteiger partial charge is 0.494 e. The summed E-state index contributed by atoms with van der Waals surface area (Å²) in [4.78, 5) is 0. The molecule has 1 saturated heterocycles. The predicted octanol–water partition coefficient (Wildman–Crippen LogP) is 2.79. The summed E-state index contributed by atoms with van der Waals surface area (Å²) >= 11 is 0. The first-order valence-electron chi connectivity index (χ1n) is 9.46. The molecular weight excluding hydrogens is 249 g/mol. The Kier molecular flexibility index (Phi) is 2.05. The third-order valence-corrected chi connectivity index (χ3v) is 4.01. The lowest BCUT2D eigenvalue weighted by Crippen LogP contribution is -2.41. The second kappa shape index (κ2) is 4.61. The van der Waals surface area contributed by atoms with E-state index in [4.69, 9.17) is 17.5 Å². The van der Waals surface area contributed by atoms with Gasteiger partial charge in [-0.3, -0.25) is 0 Å². The molecular formula is C16H22BNO2. The SMILES string of the molecule is [2H]C([2H])([2H])C(C#N)(c1cccc(B2OC(C)(C)C(C)(C)O2)c1)C([2H])([2H])[2H]. The van der Waals surface area contributed by atoms with Gasteiger partial charge < -0.3 is 9.31 Å². The van der Waals surface area contributed by atoms with Crippen LogP contribution in [0.2, 0.25) is 0 Å². The Hall–Kier alpha value is -1.31. The first-order valence-corrected chi connectivity index (χ1v) is 6.46. The van der Waals surface area contributed by atoms with Gasteiger partial charge in [-0.15, -0.1) is 0 Å². The molecule has 3 nitrogen and oxygen atoms in total. The molecule has 0 spiro atoms. The second-order valence-electron chi connectivity index (χ2n) is 6.08. The summed E-state index contributed by atoms with van der Waals surface area (Å²) in [7, 11) is -0.787. The Morgan fingerprint density at radius 1 is 1.20 bits per heavy atom. The highest BCUT2D eigenvalue weighted by Gasteiger charge is 2.51. The molecule has 0 saturated carbocycles. The van der Waals surface area contributed by atoms with E-state index in [1.54, 1.807) is 12.1 Å². The van der Waals surface area contributed by atoms with Crippen LogP contribution in [-0.4, -0.2) is 18.3 Å². The van der Waals surface area contributed by atoms with E-state index in [1.165, 1.54) is 18.2 Å². The number of rotatable bonds is 2. The molecule has 0 aromatic heterocycles. The monoisotopic (exact) mass is 277 g/mol. The highest BCUT2D eigenvalue weighted by atomic mass is 16.7. The van der Waals surface area contributed by atoms with Gasteiger partial charge in [0, 0.05) is 8.22 Å².